The molecule has 1 fully saturated rings. The second-order valence-electron chi connectivity index (χ2n) is 3.77. The normalized spacial score (nSPS) is 14.9. The Hall–Kier alpha value is -1.78. The van der Waals surface area contributed by atoms with Crippen molar-refractivity contribution in [2.75, 3.05) is 30.4 Å². The maximum absolute atomic E-state index is 11.3. The van der Waals surface area contributed by atoms with Crippen LogP contribution in [0.1, 0.15) is 12.8 Å². The predicted octanol–water partition coefficient (Wildman–Crippen LogP) is 1.43. The molecule has 1 saturated heterocycles. The van der Waals surface area contributed by atoms with Crippen LogP contribution < -0.4 is 15.5 Å². The molecule has 5 heteroatoms. The minimum Gasteiger partial charge on any atom is -0.355 e. The minimum absolute atomic E-state index is 0.214. The molecular formula is C11H16N4O. The first-order valence-corrected chi connectivity index (χ1v) is 5.50. The van der Waals surface area contributed by atoms with Gasteiger partial charge in [-0.1, -0.05) is 0 Å². The topological polar surface area (TPSA) is 57.3 Å². The van der Waals surface area contributed by atoms with Crippen molar-refractivity contribution in [2.45, 2.75) is 12.8 Å². The summed E-state index contributed by atoms with van der Waals surface area (Å²) in [5.41, 5.74) is 0.767. The van der Waals surface area contributed by atoms with E-state index in [2.05, 4.69) is 20.5 Å². The van der Waals surface area contributed by atoms with Crippen molar-refractivity contribution < 1.29 is 4.79 Å². The number of amides is 2. The van der Waals surface area contributed by atoms with Gasteiger partial charge in [0.1, 0.15) is 0 Å². The molecule has 16 heavy (non-hydrogen) atoms. The molecule has 86 valence electrons. The molecule has 1 aromatic rings. The third-order valence-corrected chi connectivity index (χ3v) is 2.67. The molecule has 5 nitrogen and oxygen atoms in total. The van der Waals surface area contributed by atoms with Crippen molar-refractivity contribution in [3.8, 4) is 0 Å². The Bertz CT molecular complexity index is 374. The Morgan fingerprint density at radius 3 is 2.88 bits per heavy atom. The Balaban J connectivity index is 2.19. The Morgan fingerprint density at radius 1 is 1.44 bits per heavy atom. The standard InChI is InChI=1S/C11H16N4O/c1-12-11(16)14-9-5-4-6-13-10(9)15-7-2-3-8-15/h4-6H,2-3,7-8H2,1H3,(H2,12,14,16). The third kappa shape index (κ3) is 2.24. The summed E-state index contributed by atoms with van der Waals surface area (Å²) in [6.07, 6.45) is 4.13. The second-order valence-corrected chi connectivity index (χ2v) is 3.77. The molecule has 2 rings (SSSR count). The van der Waals surface area contributed by atoms with E-state index in [1.54, 1.807) is 13.2 Å². The highest BCUT2D eigenvalue weighted by molar-refractivity contribution is 5.92. The monoisotopic (exact) mass is 220 g/mol. The van der Waals surface area contributed by atoms with Crippen molar-refractivity contribution >= 4 is 17.5 Å². The number of pyridine rings is 1. The van der Waals surface area contributed by atoms with Gasteiger partial charge in [0.15, 0.2) is 5.82 Å². The van der Waals surface area contributed by atoms with Crippen LogP contribution in [0.2, 0.25) is 0 Å². The van der Waals surface area contributed by atoms with E-state index in [0.29, 0.717) is 0 Å². The third-order valence-electron chi connectivity index (χ3n) is 2.67. The van der Waals surface area contributed by atoms with Gasteiger partial charge in [0.05, 0.1) is 5.69 Å². The molecule has 2 heterocycles. The maximum Gasteiger partial charge on any atom is 0.319 e. The Kier molecular flexibility index (Phi) is 3.24. The van der Waals surface area contributed by atoms with Gasteiger partial charge in [-0.25, -0.2) is 9.78 Å². The van der Waals surface area contributed by atoms with E-state index in [-0.39, 0.29) is 6.03 Å². The average molecular weight is 220 g/mol. The van der Waals surface area contributed by atoms with Crippen LogP contribution in [0.3, 0.4) is 0 Å². The van der Waals surface area contributed by atoms with Crippen LogP contribution >= 0.6 is 0 Å². The van der Waals surface area contributed by atoms with Crippen molar-refractivity contribution in [2.24, 2.45) is 0 Å². The summed E-state index contributed by atoms with van der Waals surface area (Å²) in [5, 5.41) is 5.32. The van der Waals surface area contributed by atoms with Crippen LogP contribution in [0.15, 0.2) is 18.3 Å². The zero-order chi connectivity index (χ0) is 11.4. The van der Waals surface area contributed by atoms with Gasteiger partial charge in [0.2, 0.25) is 0 Å². The number of anilines is 2. The van der Waals surface area contributed by atoms with Crippen LogP contribution in [-0.2, 0) is 0 Å². The van der Waals surface area contributed by atoms with E-state index in [1.807, 2.05) is 12.1 Å². The first-order valence-electron chi connectivity index (χ1n) is 5.50. The lowest BCUT2D eigenvalue weighted by Crippen LogP contribution is -2.27. The smallest absolute Gasteiger partial charge is 0.319 e. The van der Waals surface area contributed by atoms with Crippen molar-refractivity contribution in [3.63, 3.8) is 0 Å². The first kappa shape index (κ1) is 10.7. The van der Waals surface area contributed by atoms with E-state index in [4.69, 9.17) is 0 Å². The minimum atomic E-state index is -0.214. The van der Waals surface area contributed by atoms with Gasteiger partial charge in [-0.3, -0.25) is 0 Å². The molecule has 2 N–H and O–H groups in total. The van der Waals surface area contributed by atoms with Gasteiger partial charge in [0, 0.05) is 26.3 Å². The van der Waals surface area contributed by atoms with E-state index in [1.165, 1.54) is 12.8 Å². The number of nitrogens with one attached hydrogen (secondary N) is 2. The Labute approximate surface area is 94.9 Å². The van der Waals surface area contributed by atoms with Gasteiger partial charge < -0.3 is 15.5 Å². The van der Waals surface area contributed by atoms with Gasteiger partial charge in [-0.2, -0.15) is 0 Å². The quantitative estimate of drug-likeness (QED) is 0.792. The van der Waals surface area contributed by atoms with E-state index >= 15 is 0 Å². The molecule has 2 amide bonds. The number of urea groups is 1. The number of hydrogen-bond acceptors (Lipinski definition) is 3. The molecule has 0 unspecified atom stereocenters. The second kappa shape index (κ2) is 4.83. The predicted molar refractivity (Wildman–Crippen MR) is 63.8 cm³/mol. The molecule has 1 aliphatic rings. The summed E-state index contributed by atoms with van der Waals surface area (Å²) in [6.45, 7) is 2.03. The van der Waals surface area contributed by atoms with Crippen LogP contribution in [0, 0.1) is 0 Å². The lowest BCUT2D eigenvalue weighted by atomic mass is 10.3. The zero-order valence-corrected chi connectivity index (χ0v) is 9.36. The van der Waals surface area contributed by atoms with Crippen LogP contribution in [0.4, 0.5) is 16.3 Å². The number of aromatic nitrogens is 1. The summed E-state index contributed by atoms with van der Waals surface area (Å²) < 4.78 is 0. The maximum atomic E-state index is 11.3. The van der Waals surface area contributed by atoms with Crippen molar-refractivity contribution in [1.82, 2.24) is 10.3 Å². The number of carbonyl (C=O) groups excluding carboxylic acids is 1. The summed E-state index contributed by atoms with van der Waals surface area (Å²) in [4.78, 5) is 17.8. The number of hydrogen-bond donors (Lipinski definition) is 2. The summed E-state index contributed by atoms with van der Waals surface area (Å²) >= 11 is 0. The molecule has 0 saturated carbocycles. The highest BCUT2D eigenvalue weighted by atomic mass is 16.2. The van der Waals surface area contributed by atoms with Crippen molar-refractivity contribution in [3.05, 3.63) is 18.3 Å². The molecule has 0 spiro atoms. The fraction of sp³-hybridized carbons (Fsp3) is 0.455. The Morgan fingerprint density at radius 2 is 2.19 bits per heavy atom. The molecule has 1 aliphatic heterocycles. The lowest BCUT2D eigenvalue weighted by Gasteiger charge is -2.19. The fourth-order valence-electron chi connectivity index (χ4n) is 1.86. The molecule has 1 aromatic heterocycles. The molecular weight excluding hydrogens is 204 g/mol. The van der Waals surface area contributed by atoms with Crippen LogP contribution in [0.5, 0.6) is 0 Å². The van der Waals surface area contributed by atoms with Crippen LogP contribution in [-0.4, -0.2) is 31.2 Å². The molecule has 0 bridgehead atoms. The van der Waals surface area contributed by atoms with Gasteiger partial charge >= 0.3 is 6.03 Å². The highest BCUT2D eigenvalue weighted by Gasteiger charge is 2.17. The van der Waals surface area contributed by atoms with E-state index < -0.39 is 0 Å². The highest BCUT2D eigenvalue weighted by Crippen LogP contribution is 2.25. The number of carbonyl (C=O) groups is 1. The van der Waals surface area contributed by atoms with Gasteiger partial charge in [-0.15, -0.1) is 0 Å². The van der Waals surface area contributed by atoms with Gasteiger partial charge in [-0.05, 0) is 25.0 Å². The number of nitrogens with zero attached hydrogens (tertiary/aromatic N) is 2. The zero-order valence-electron chi connectivity index (χ0n) is 9.36. The largest absolute Gasteiger partial charge is 0.355 e. The molecule has 0 atom stereocenters. The lowest BCUT2D eigenvalue weighted by molar-refractivity contribution is 0.254. The van der Waals surface area contributed by atoms with Gasteiger partial charge in [0.25, 0.3) is 0 Å². The summed E-state index contributed by atoms with van der Waals surface area (Å²) in [6, 6.07) is 3.48. The molecule has 0 radical (unpaired) electrons. The van der Waals surface area contributed by atoms with E-state index in [0.717, 1.165) is 24.6 Å². The van der Waals surface area contributed by atoms with E-state index in [9.17, 15) is 4.79 Å². The number of rotatable bonds is 2. The summed E-state index contributed by atoms with van der Waals surface area (Å²) in [5.74, 6) is 0.864. The fourth-order valence-corrected chi connectivity index (χ4v) is 1.86. The SMILES string of the molecule is CNC(=O)Nc1cccnc1N1CCCC1. The molecule has 0 aliphatic carbocycles. The summed E-state index contributed by atoms with van der Waals surface area (Å²) in [7, 11) is 1.60. The van der Waals surface area contributed by atoms with Crippen molar-refractivity contribution in [1.29, 1.82) is 0 Å². The van der Waals surface area contributed by atoms with Crippen LogP contribution in [0.25, 0.3) is 0 Å². The molecule has 0 aromatic carbocycles. The average Bonchev–Trinajstić information content (AvgIpc) is 2.83. The first-order chi connectivity index (χ1) is 7.81.